The predicted molar refractivity (Wildman–Crippen MR) is 176 cm³/mol. The molecule has 1 atom stereocenters. The van der Waals surface area contributed by atoms with Crippen LogP contribution in [0.4, 0.5) is 5.69 Å². The number of hydrogen-bond donors (Lipinski definition) is 4. The van der Waals surface area contributed by atoms with Gasteiger partial charge in [0, 0.05) is 26.2 Å². The lowest BCUT2D eigenvalue weighted by molar-refractivity contribution is -0.137. The van der Waals surface area contributed by atoms with Crippen LogP contribution in [0.25, 0.3) is 0 Å². The second-order valence-electron chi connectivity index (χ2n) is 11.3. The van der Waals surface area contributed by atoms with E-state index in [2.05, 4.69) is 26.3 Å². The van der Waals surface area contributed by atoms with Crippen molar-refractivity contribution in [2.24, 2.45) is 13.0 Å². The van der Waals surface area contributed by atoms with Crippen molar-refractivity contribution >= 4 is 44.9 Å². The topological polar surface area (TPSA) is 207 Å². The van der Waals surface area contributed by atoms with Crippen molar-refractivity contribution < 1.29 is 32.4 Å². The number of nitrogens with zero attached hydrogens (tertiary/aromatic N) is 3. The largest absolute Gasteiger partial charge is 0.354 e. The van der Waals surface area contributed by atoms with Crippen molar-refractivity contribution in [3.63, 3.8) is 0 Å². The fourth-order valence-electron chi connectivity index (χ4n) is 4.58. The average Bonchev–Trinajstić information content (AvgIpc) is 3.50. The van der Waals surface area contributed by atoms with E-state index in [4.69, 9.17) is 0 Å². The number of pyridine rings is 1. The first-order valence-corrected chi connectivity index (χ1v) is 17.1. The summed E-state index contributed by atoms with van der Waals surface area (Å²) in [6.07, 6.45) is 4.90. The molecule has 0 aliphatic heterocycles. The fourth-order valence-corrected chi connectivity index (χ4v) is 5.62. The van der Waals surface area contributed by atoms with Crippen LogP contribution in [0.1, 0.15) is 55.6 Å². The monoisotopic (exact) mass is 683 g/mol. The molecule has 1 aromatic carbocycles. The minimum atomic E-state index is -3.93. The number of aromatic nitrogens is 3. The first-order valence-electron chi connectivity index (χ1n) is 15.4. The van der Waals surface area contributed by atoms with Gasteiger partial charge in [-0.2, -0.15) is 0 Å². The Hall–Kier alpha value is -5.12. The van der Waals surface area contributed by atoms with E-state index < -0.39 is 57.2 Å². The summed E-state index contributed by atoms with van der Waals surface area (Å²) in [5.74, 6) is -4.68. The van der Waals surface area contributed by atoms with Gasteiger partial charge in [-0.15, -0.1) is 0 Å². The number of benzene rings is 1. The molecule has 16 heteroatoms. The minimum Gasteiger partial charge on any atom is -0.354 e. The van der Waals surface area contributed by atoms with Crippen LogP contribution in [-0.2, 0) is 42.6 Å². The van der Waals surface area contributed by atoms with Crippen LogP contribution in [0, 0.1) is 12.8 Å². The van der Waals surface area contributed by atoms with E-state index in [-0.39, 0.29) is 35.1 Å². The molecule has 3 aromatic rings. The van der Waals surface area contributed by atoms with E-state index in [1.165, 1.54) is 47.6 Å². The first-order chi connectivity index (χ1) is 22.7. The molecule has 0 fully saturated rings. The zero-order chi connectivity index (χ0) is 35.4. The van der Waals surface area contributed by atoms with Crippen LogP contribution in [0.2, 0.25) is 0 Å². The number of rotatable bonds is 17. The van der Waals surface area contributed by atoms with Gasteiger partial charge in [-0.05, 0) is 43.5 Å². The number of imidazole rings is 1. The predicted octanol–water partition coefficient (Wildman–Crippen LogP) is 1.08. The molecule has 4 N–H and O–H groups in total. The summed E-state index contributed by atoms with van der Waals surface area (Å²) in [7, 11) is -2.37. The van der Waals surface area contributed by atoms with Gasteiger partial charge in [-0.25, -0.2) is 13.4 Å². The van der Waals surface area contributed by atoms with Crippen molar-refractivity contribution in [1.82, 2.24) is 30.1 Å². The Balaban J connectivity index is 1.70. The number of anilines is 1. The highest BCUT2D eigenvalue weighted by Gasteiger charge is 2.27. The third kappa shape index (κ3) is 10.4. The number of sulfone groups is 1. The molecule has 0 saturated heterocycles. The highest BCUT2D eigenvalue weighted by molar-refractivity contribution is 7.91. The van der Waals surface area contributed by atoms with Crippen molar-refractivity contribution in [2.45, 2.75) is 63.9 Å². The van der Waals surface area contributed by atoms with Crippen LogP contribution < -0.4 is 26.8 Å². The molecule has 0 radical (unpaired) electrons. The summed E-state index contributed by atoms with van der Waals surface area (Å²) in [5, 5.41) is 9.84. The maximum Gasteiger partial charge on any atom is 0.288 e. The lowest BCUT2D eigenvalue weighted by atomic mass is 10.0. The highest BCUT2D eigenvalue weighted by atomic mass is 32.2. The molecular formula is C32H41N7O8S. The van der Waals surface area contributed by atoms with Gasteiger partial charge in [0.2, 0.25) is 17.6 Å². The van der Waals surface area contributed by atoms with Crippen LogP contribution >= 0.6 is 0 Å². The van der Waals surface area contributed by atoms with Gasteiger partial charge in [-0.3, -0.25) is 28.8 Å². The number of carbonyl (C=O) groups is 5. The third-order valence-electron chi connectivity index (χ3n) is 7.72. The van der Waals surface area contributed by atoms with Crippen LogP contribution in [0.5, 0.6) is 0 Å². The van der Waals surface area contributed by atoms with Gasteiger partial charge in [0.1, 0.15) is 29.8 Å². The summed E-state index contributed by atoms with van der Waals surface area (Å²) in [4.78, 5) is 80.9. The molecule has 3 rings (SSSR count). The molecule has 2 aromatic heterocycles. The van der Waals surface area contributed by atoms with Crippen molar-refractivity contribution in [3.05, 3.63) is 76.7 Å². The molecule has 258 valence electrons. The molecule has 0 aliphatic carbocycles. The lowest BCUT2D eigenvalue weighted by Crippen LogP contribution is -2.46. The van der Waals surface area contributed by atoms with Crippen molar-refractivity contribution in [3.8, 4) is 0 Å². The molecule has 0 bridgehead atoms. The molecule has 4 amide bonds. The van der Waals surface area contributed by atoms with Gasteiger partial charge < -0.3 is 30.4 Å². The van der Waals surface area contributed by atoms with E-state index >= 15 is 0 Å². The number of hydrogen-bond acceptors (Lipinski definition) is 9. The Morgan fingerprint density at radius 2 is 1.67 bits per heavy atom. The maximum atomic E-state index is 13.4. The Morgan fingerprint density at radius 1 is 0.979 bits per heavy atom. The second-order valence-corrected chi connectivity index (χ2v) is 13.3. The summed E-state index contributed by atoms with van der Waals surface area (Å²) in [5.41, 5.74) is 0.0843. The summed E-state index contributed by atoms with van der Waals surface area (Å²) in [6.45, 7) is 6.01. The van der Waals surface area contributed by atoms with Crippen LogP contribution in [0.15, 0.2) is 64.8 Å². The van der Waals surface area contributed by atoms with Crippen LogP contribution in [-0.4, -0.2) is 70.4 Å². The Morgan fingerprint density at radius 3 is 2.29 bits per heavy atom. The SMILES string of the molecule is CCC(CC)CNC(=O)Cn1cccc(NC(=O)C(CCC(=O)C(=O)NCS(=O)(=O)c2ccc(C)cc2)NC(=O)c2cncn2C)c1=O. The smallest absolute Gasteiger partial charge is 0.288 e. The van der Waals surface area contributed by atoms with Crippen LogP contribution in [0.3, 0.4) is 0 Å². The fraction of sp³-hybridized carbons (Fsp3) is 0.406. The molecule has 2 heterocycles. The number of ketones is 1. The van der Waals surface area contributed by atoms with Gasteiger partial charge in [-0.1, -0.05) is 44.4 Å². The van der Waals surface area contributed by atoms with Gasteiger partial charge in [0.15, 0.2) is 9.84 Å². The third-order valence-corrected chi connectivity index (χ3v) is 9.24. The maximum absolute atomic E-state index is 13.4. The van der Waals surface area contributed by atoms with Gasteiger partial charge in [0.25, 0.3) is 17.4 Å². The van der Waals surface area contributed by atoms with E-state index in [0.29, 0.717) is 12.5 Å². The quantitative estimate of drug-likeness (QED) is 0.150. The zero-order valence-corrected chi connectivity index (χ0v) is 28.1. The standard InChI is InChI=1S/C32H41N7O8S/c1-5-22(6-2)16-34-28(41)18-39-15-7-8-25(32(39)45)37-29(42)24(36-30(43)26-17-33-19-38(26)4)13-14-27(40)31(44)35-20-48(46,47)23-11-9-21(3)10-12-23/h7-12,15,17,19,22,24H,5-6,13-14,16,18,20H2,1-4H3,(H,34,41)(H,35,44)(H,36,43)(H,37,42). The Kier molecular flexibility index (Phi) is 13.3. The molecule has 48 heavy (non-hydrogen) atoms. The van der Waals surface area contributed by atoms with E-state index in [1.807, 2.05) is 13.8 Å². The number of nitrogens with one attached hydrogen (secondary N) is 4. The Bertz CT molecular complexity index is 1790. The molecule has 0 spiro atoms. The molecule has 0 aliphatic rings. The molecule has 1 unspecified atom stereocenters. The Labute approximate surface area is 278 Å². The minimum absolute atomic E-state index is 0.0299. The second kappa shape index (κ2) is 17.2. The number of amides is 4. The molecular weight excluding hydrogens is 642 g/mol. The number of carbonyl (C=O) groups excluding carboxylic acids is 5. The number of aryl methyl sites for hydroxylation is 2. The lowest BCUT2D eigenvalue weighted by Gasteiger charge is -2.19. The van der Waals surface area contributed by atoms with E-state index in [0.717, 1.165) is 23.0 Å². The molecule has 15 nitrogen and oxygen atoms in total. The zero-order valence-electron chi connectivity index (χ0n) is 27.3. The summed E-state index contributed by atoms with van der Waals surface area (Å²) < 4.78 is 27.7. The summed E-state index contributed by atoms with van der Waals surface area (Å²) in [6, 6.07) is 7.36. The van der Waals surface area contributed by atoms with Gasteiger partial charge in [0.05, 0.1) is 17.4 Å². The normalized spacial score (nSPS) is 11.9. The average molecular weight is 684 g/mol. The molecule has 0 saturated carbocycles. The summed E-state index contributed by atoms with van der Waals surface area (Å²) >= 11 is 0. The first kappa shape index (κ1) is 37.3. The van der Waals surface area contributed by atoms with E-state index in [9.17, 15) is 37.2 Å². The highest BCUT2D eigenvalue weighted by Crippen LogP contribution is 2.12. The van der Waals surface area contributed by atoms with Crippen molar-refractivity contribution in [2.75, 3.05) is 17.7 Å². The van der Waals surface area contributed by atoms with Gasteiger partial charge >= 0.3 is 0 Å². The van der Waals surface area contributed by atoms with E-state index in [1.54, 1.807) is 26.1 Å². The number of Topliss-reactive ketones (excluding diaryl/α,β-unsaturated/α-hetero) is 1. The van der Waals surface area contributed by atoms with Crippen molar-refractivity contribution in [1.29, 1.82) is 0 Å².